The zero-order chi connectivity index (χ0) is 16.9. The fourth-order valence-electron chi connectivity index (χ4n) is 5.43. The van der Waals surface area contributed by atoms with E-state index in [2.05, 4.69) is 67.5 Å². The summed E-state index contributed by atoms with van der Waals surface area (Å²) in [6, 6.07) is 8.41. The average molecular weight is 318 g/mol. The summed E-state index contributed by atoms with van der Waals surface area (Å²) in [7, 11) is 0. The van der Waals surface area contributed by atoms with Gasteiger partial charge in [-0.15, -0.1) is 0 Å². The van der Waals surface area contributed by atoms with E-state index in [1.807, 2.05) is 0 Å². The molecule has 0 radical (unpaired) electrons. The third-order valence-electron chi connectivity index (χ3n) is 7.21. The normalized spacial score (nSPS) is 27.1. The van der Waals surface area contributed by atoms with Gasteiger partial charge < -0.3 is 4.40 Å². The van der Waals surface area contributed by atoms with E-state index in [4.69, 9.17) is 0 Å². The summed E-state index contributed by atoms with van der Waals surface area (Å²) >= 11 is 0. The SMILES string of the molecule is Cc1cccc2c1ccn1c3c(c(=O)nc21)C1CCC3(C)C1(C)C. The highest BCUT2D eigenvalue weighted by Gasteiger charge is 2.61. The van der Waals surface area contributed by atoms with Crippen molar-refractivity contribution >= 4 is 16.4 Å². The van der Waals surface area contributed by atoms with E-state index in [0.717, 1.165) is 29.4 Å². The van der Waals surface area contributed by atoms with Crippen molar-refractivity contribution in [3.8, 4) is 0 Å². The molecule has 2 aliphatic carbocycles. The van der Waals surface area contributed by atoms with Gasteiger partial charge in [-0.3, -0.25) is 4.79 Å². The van der Waals surface area contributed by atoms with Crippen LogP contribution >= 0.6 is 0 Å². The molecule has 1 saturated carbocycles. The molecule has 24 heavy (non-hydrogen) atoms. The van der Waals surface area contributed by atoms with E-state index >= 15 is 0 Å². The molecule has 2 aromatic heterocycles. The molecule has 2 aliphatic rings. The summed E-state index contributed by atoms with van der Waals surface area (Å²) in [5.41, 5.74) is 4.34. The van der Waals surface area contributed by atoms with E-state index in [0.29, 0.717) is 5.92 Å². The Morgan fingerprint density at radius 2 is 1.96 bits per heavy atom. The minimum atomic E-state index is -0.0134. The van der Waals surface area contributed by atoms with E-state index in [1.54, 1.807) is 0 Å². The van der Waals surface area contributed by atoms with Crippen molar-refractivity contribution in [1.82, 2.24) is 9.38 Å². The lowest BCUT2D eigenvalue weighted by molar-refractivity contribution is 0.226. The van der Waals surface area contributed by atoms with Crippen LogP contribution in [0.15, 0.2) is 35.3 Å². The monoisotopic (exact) mass is 318 g/mol. The molecular weight excluding hydrogens is 296 g/mol. The first-order valence-electron chi connectivity index (χ1n) is 8.81. The molecule has 0 saturated heterocycles. The number of hydrogen-bond acceptors (Lipinski definition) is 2. The molecule has 1 aromatic carbocycles. The van der Waals surface area contributed by atoms with Gasteiger partial charge in [-0.1, -0.05) is 39.0 Å². The number of hydrogen-bond donors (Lipinski definition) is 0. The second-order valence-corrected chi connectivity index (χ2v) is 8.37. The fraction of sp³-hybridized carbons (Fsp3) is 0.429. The maximum Gasteiger partial charge on any atom is 0.277 e. The topological polar surface area (TPSA) is 34.4 Å². The Morgan fingerprint density at radius 3 is 2.75 bits per heavy atom. The van der Waals surface area contributed by atoms with Crippen molar-refractivity contribution in [2.75, 3.05) is 0 Å². The minimum Gasteiger partial charge on any atom is -0.304 e. The number of benzene rings is 1. The van der Waals surface area contributed by atoms with Crippen LogP contribution in [0, 0.1) is 12.3 Å². The smallest absolute Gasteiger partial charge is 0.277 e. The fourth-order valence-corrected chi connectivity index (χ4v) is 5.43. The number of nitrogens with zero attached hydrogens (tertiary/aromatic N) is 2. The van der Waals surface area contributed by atoms with Crippen LogP contribution in [0.5, 0.6) is 0 Å². The molecule has 0 amide bonds. The molecule has 3 nitrogen and oxygen atoms in total. The predicted octanol–water partition coefficient (Wildman–Crippen LogP) is 4.33. The van der Waals surface area contributed by atoms with Crippen LogP contribution in [0.25, 0.3) is 16.4 Å². The summed E-state index contributed by atoms with van der Waals surface area (Å²) in [4.78, 5) is 17.5. The van der Waals surface area contributed by atoms with Crippen molar-refractivity contribution < 1.29 is 0 Å². The first kappa shape index (κ1) is 14.2. The van der Waals surface area contributed by atoms with E-state index in [1.165, 1.54) is 16.6 Å². The van der Waals surface area contributed by atoms with Gasteiger partial charge in [0.15, 0.2) is 0 Å². The Bertz CT molecular complexity index is 1090. The molecule has 2 bridgehead atoms. The Labute approximate surface area is 141 Å². The second-order valence-electron chi connectivity index (χ2n) is 8.37. The largest absolute Gasteiger partial charge is 0.304 e. The Morgan fingerprint density at radius 1 is 1.17 bits per heavy atom. The molecule has 122 valence electrons. The van der Waals surface area contributed by atoms with Gasteiger partial charge >= 0.3 is 0 Å². The highest BCUT2D eigenvalue weighted by Crippen LogP contribution is 2.66. The molecule has 0 aliphatic heterocycles. The third-order valence-corrected chi connectivity index (χ3v) is 7.21. The summed E-state index contributed by atoms with van der Waals surface area (Å²) in [6.07, 6.45) is 4.37. The van der Waals surface area contributed by atoms with E-state index < -0.39 is 0 Å². The zero-order valence-electron chi connectivity index (χ0n) is 14.7. The van der Waals surface area contributed by atoms with E-state index in [9.17, 15) is 4.79 Å². The van der Waals surface area contributed by atoms with Gasteiger partial charge in [-0.05, 0) is 48.1 Å². The van der Waals surface area contributed by atoms with Crippen LogP contribution in [0.1, 0.15) is 56.4 Å². The number of aromatic nitrogens is 2. The molecule has 2 atom stereocenters. The van der Waals surface area contributed by atoms with Crippen molar-refractivity contribution in [1.29, 1.82) is 0 Å². The van der Waals surface area contributed by atoms with Crippen molar-refractivity contribution in [2.45, 2.75) is 51.9 Å². The lowest BCUT2D eigenvalue weighted by Crippen LogP contribution is -2.33. The van der Waals surface area contributed by atoms with Gasteiger partial charge in [-0.2, -0.15) is 4.98 Å². The maximum atomic E-state index is 12.9. The molecule has 0 spiro atoms. The summed E-state index contributed by atoms with van der Waals surface area (Å²) in [5.74, 6) is 0.336. The number of aryl methyl sites for hydroxylation is 1. The number of fused-ring (bicyclic) bond motifs is 9. The number of rotatable bonds is 0. The first-order valence-corrected chi connectivity index (χ1v) is 8.81. The lowest BCUT2D eigenvalue weighted by atomic mass is 9.70. The van der Waals surface area contributed by atoms with Gasteiger partial charge in [0.05, 0.1) is 0 Å². The molecule has 2 unspecified atom stereocenters. The second kappa shape index (κ2) is 4.08. The molecule has 3 aromatic rings. The van der Waals surface area contributed by atoms with Crippen molar-refractivity contribution in [2.24, 2.45) is 5.41 Å². The molecule has 5 rings (SSSR count). The molecule has 1 fully saturated rings. The highest BCUT2D eigenvalue weighted by molar-refractivity contribution is 5.96. The summed E-state index contributed by atoms with van der Waals surface area (Å²) in [5, 5.41) is 2.25. The van der Waals surface area contributed by atoms with Gasteiger partial charge in [0.2, 0.25) is 0 Å². The van der Waals surface area contributed by atoms with Crippen LogP contribution in [0.4, 0.5) is 0 Å². The minimum absolute atomic E-state index is 0.0134. The van der Waals surface area contributed by atoms with Gasteiger partial charge in [0, 0.05) is 28.3 Å². The average Bonchev–Trinajstić information content (AvgIpc) is 2.87. The number of pyridine rings is 1. The van der Waals surface area contributed by atoms with Crippen LogP contribution in [0.2, 0.25) is 0 Å². The first-order chi connectivity index (χ1) is 11.4. The highest BCUT2D eigenvalue weighted by atomic mass is 16.1. The zero-order valence-corrected chi connectivity index (χ0v) is 14.7. The van der Waals surface area contributed by atoms with Gasteiger partial charge in [0.25, 0.3) is 5.56 Å². The maximum absolute atomic E-state index is 12.9. The third kappa shape index (κ3) is 1.36. The predicted molar refractivity (Wildman–Crippen MR) is 96.8 cm³/mol. The van der Waals surface area contributed by atoms with E-state index in [-0.39, 0.29) is 16.4 Å². The van der Waals surface area contributed by atoms with Crippen LogP contribution in [-0.2, 0) is 5.41 Å². The summed E-state index contributed by atoms with van der Waals surface area (Å²) in [6.45, 7) is 9.09. The van der Waals surface area contributed by atoms with Crippen molar-refractivity contribution in [3.63, 3.8) is 0 Å². The molecule has 2 heterocycles. The van der Waals surface area contributed by atoms with Crippen LogP contribution in [0.3, 0.4) is 0 Å². The Balaban J connectivity index is 2.01. The van der Waals surface area contributed by atoms with Crippen LogP contribution < -0.4 is 5.56 Å². The lowest BCUT2D eigenvalue weighted by Gasteiger charge is -2.35. The van der Waals surface area contributed by atoms with Gasteiger partial charge in [0.1, 0.15) is 5.65 Å². The standard InChI is InChI=1S/C21H22N2O/c1-12-6-5-7-14-13(12)9-11-23-17-16(19(24)22-18(14)23)15-8-10-21(17,4)20(15,2)3/h5-7,9,11,15H,8,10H2,1-4H3. The molecular formula is C21H22N2O. The quantitative estimate of drug-likeness (QED) is 0.578. The Hall–Kier alpha value is -2.16. The molecule has 0 N–H and O–H groups in total. The van der Waals surface area contributed by atoms with Crippen LogP contribution in [-0.4, -0.2) is 9.38 Å². The van der Waals surface area contributed by atoms with Crippen molar-refractivity contribution in [3.05, 3.63) is 57.6 Å². The summed E-state index contributed by atoms with van der Waals surface area (Å²) < 4.78 is 2.21. The van der Waals surface area contributed by atoms with Gasteiger partial charge in [-0.25, -0.2) is 0 Å². The Kier molecular flexibility index (Phi) is 2.41. The molecule has 3 heteroatoms.